The Morgan fingerprint density at radius 1 is 0.810 bits per heavy atom. The molecule has 1 heterocycles. The Bertz CT molecular complexity index is 717. The molecule has 4 heteroatoms. The van der Waals surface area contributed by atoms with Gasteiger partial charge in [0.25, 0.3) is 0 Å². The summed E-state index contributed by atoms with van der Waals surface area (Å²) in [7, 11) is 0. The molecule has 0 unspecified atom stereocenters. The fourth-order valence-electron chi connectivity index (χ4n) is 2.00. The van der Waals surface area contributed by atoms with Crippen LogP contribution in [0.2, 0.25) is 0 Å². The lowest BCUT2D eigenvalue weighted by atomic mass is 10.1. The molecule has 0 amide bonds. The highest BCUT2D eigenvalue weighted by molar-refractivity contribution is 6.12. The van der Waals surface area contributed by atoms with E-state index < -0.39 is 0 Å². The topological polar surface area (TPSA) is 52.6 Å². The first-order chi connectivity index (χ1) is 10.2. The minimum Gasteiger partial charge on any atom is -0.454 e. The zero-order valence-corrected chi connectivity index (χ0v) is 11.1. The smallest absolute Gasteiger partial charge is 0.231 e. The predicted molar refractivity (Wildman–Crippen MR) is 76.8 cm³/mol. The molecule has 0 spiro atoms. The van der Waals surface area contributed by atoms with Crippen molar-refractivity contribution in [3.63, 3.8) is 0 Å². The van der Waals surface area contributed by atoms with Crippen LogP contribution in [0.5, 0.6) is 11.5 Å². The summed E-state index contributed by atoms with van der Waals surface area (Å²) in [5, 5.41) is 0. The molecule has 0 aromatic heterocycles. The van der Waals surface area contributed by atoms with Crippen LogP contribution in [0.4, 0.5) is 0 Å². The van der Waals surface area contributed by atoms with E-state index in [-0.39, 0.29) is 18.4 Å². The summed E-state index contributed by atoms with van der Waals surface area (Å²) in [6, 6.07) is 13.7. The molecule has 0 saturated carbocycles. The molecule has 1 aliphatic rings. The van der Waals surface area contributed by atoms with Crippen LogP contribution in [0.15, 0.2) is 60.7 Å². The van der Waals surface area contributed by atoms with Gasteiger partial charge in [-0.3, -0.25) is 9.59 Å². The van der Waals surface area contributed by atoms with E-state index in [1.54, 1.807) is 42.5 Å². The molecule has 104 valence electrons. The van der Waals surface area contributed by atoms with Crippen LogP contribution < -0.4 is 9.47 Å². The number of ether oxygens (including phenoxy) is 2. The van der Waals surface area contributed by atoms with Crippen molar-refractivity contribution in [3.05, 3.63) is 71.8 Å². The summed E-state index contributed by atoms with van der Waals surface area (Å²) in [5.41, 5.74) is 1.00. The maximum Gasteiger partial charge on any atom is 0.231 e. The molecule has 2 aromatic carbocycles. The molecule has 0 bridgehead atoms. The third kappa shape index (κ3) is 2.84. The van der Waals surface area contributed by atoms with Crippen molar-refractivity contribution in [2.75, 3.05) is 6.79 Å². The zero-order valence-electron chi connectivity index (χ0n) is 11.1. The molecule has 2 aromatic rings. The standard InChI is InChI=1S/C17H12O4/c18-14(12-4-2-1-3-5-12)7-8-15(19)13-6-9-16-17(10-13)21-11-20-16/h1-10H,11H2. The van der Waals surface area contributed by atoms with Gasteiger partial charge in [-0.1, -0.05) is 30.3 Å². The fraction of sp³-hybridized carbons (Fsp3) is 0.0588. The average Bonchev–Trinajstić information content (AvgIpc) is 3.00. The van der Waals surface area contributed by atoms with Gasteiger partial charge in [-0.2, -0.15) is 0 Å². The molecule has 0 radical (unpaired) electrons. The normalized spacial score (nSPS) is 12.6. The Labute approximate surface area is 121 Å². The first-order valence-electron chi connectivity index (χ1n) is 6.45. The van der Waals surface area contributed by atoms with Crippen LogP contribution in [0.25, 0.3) is 0 Å². The Hall–Kier alpha value is -2.88. The maximum atomic E-state index is 12.0. The SMILES string of the molecule is O=C(C=CC(=O)c1ccc2c(c1)OCO2)c1ccccc1. The Morgan fingerprint density at radius 2 is 1.48 bits per heavy atom. The number of carbonyl (C=O) groups excluding carboxylic acids is 2. The Kier molecular flexibility index (Phi) is 3.51. The van der Waals surface area contributed by atoms with E-state index in [2.05, 4.69) is 0 Å². The number of hydrogen-bond donors (Lipinski definition) is 0. The minimum atomic E-state index is -0.252. The van der Waals surface area contributed by atoms with Crippen molar-refractivity contribution in [2.45, 2.75) is 0 Å². The zero-order chi connectivity index (χ0) is 14.7. The van der Waals surface area contributed by atoms with Gasteiger partial charge in [0.1, 0.15) is 0 Å². The number of fused-ring (bicyclic) bond motifs is 1. The monoisotopic (exact) mass is 280 g/mol. The summed E-state index contributed by atoms with van der Waals surface area (Å²) in [6.07, 6.45) is 2.55. The first-order valence-corrected chi connectivity index (χ1v) is 6.45. The molecule has 0 saturated heterocycles. The van der Waals surface area contributed by atoms with E-state index in [1.807, 2.05) is 6.07 Å². The van der Waals surface area contributed by atoms with E-state index in [0.29, 0.717) is 22.6 Å². The third-order valence-electron chi connectivity index (χ3n) is 3.10. The third-order valence-corrected chi connectivity index (χ3v) is 3.10. The highest BCUT2D eigenvalue weighted by Crippen LogP contribution is 2.32. The minimum absolute atomic E-state index is 0.162. The van der Waals surface area contributed by atoms with Gasteiger partial charge in [0, 0.05) is 11.1 Å². The molecule has 0 fully saturated rings. The van der Waals surface area contributed by atoms with E-state index in [1.165, 1.54) is 12.2 Å². The molecular weight excluding hydrogens is 268 g/mol. The van der Waals surface area contributed by atoms with E-state index in [9.17, 15) is 9.59 Å². The largest absolute Gasteiger partial charge is 0.454 e. The van der Waals surface area contributed by atoms with Gasteiger partial charge in [-0.25, -0.2) is 0 Å². The van der Waals surface area contributed by atoms with E-state index in [0.717, 1.165) is 0 Å². The number of hydrogen-bond acceptors (Lipinski definition) is 4. The van der Waals surface area contributed by atoms with Crippen LogP contribution in [-0.2, 0) is 0 Å². The lowest BCUT2D eigenvalue weighted by molar-refractivity contribution is 0.102. The van der Waals surface area contributed by atoms with Crippen LogP contribution in [0, 0.1) is 0 Å². The maximum absolute atomic E-state index is 12.0. The second-order valence-corrected chi connectivity index (χ2v) is 4.50. The second-order valence-electron chi connectivity index (χ2n) is 4.50. The molecule has 1 aliphatic heterocycles. The lowest BCUT2D eigenvalue weighted by Crippen LogP contribution is -1.98. The lowest BCUT2D eigenvalue weighted by Gasteiger charge is -1.99. The van der Waals surface area contributed by atoms with Gasteiger partial charge in [-0.15, -0.1) is 0 Å². The van der Waals surface area contributed by atoms with Gasteiger partial charge in [0.15, 0.2) is 23.1 Å². The fourth-order valence-corrected chi connectivity index (χ4v) is 2.00. The Balaban J connectivity index is 1.74. The van der Waals surface area contributed by atoms with Crippen LogP contribution >= 0.6 is 0 Å². The summed E-state index contributed by atoms with van der Waals surface area (Å²) in [6.45, 7) is 0.162. The second kappa shape index (κ2) is 5.63. The molecule has 3 rings (SSSR count). The van der Waals surface area contributed by atoms with Crippen molar-refractivity contribution in [3.8, 4) is 11.5 Å². The van der Waals surface area contributed by atoms with Gasteiger partial charge in [0.2, 0.25) is 6.79 Å². The number of ketones is 2. The molecular formula is C17H12O4. The number of benzene rings is 2. The summed E-state index contributed by atoms with van der Waals surface area (Å²) >= 11 is 0. The van der Waals surface area contributed by atoms with E-state index >= 15 is 0 Å². The molecule has 4 nitrogen and oxygen atoms in total. The quantitative estimate of drug-likeness (QED) is 0.638. The number of allylic oxidation sites excluding steroid dienone is 2. The van der Waals surface area contributed by atoms with Crippen molar-refractivity contribution in [1.82, 2.24) is 0 Å². The van der Waals surface area contributed by atoms with Crippen LogP contribution in [0.3, 0.4) is 0 Å². The molecule has 0 N–H and O–H groups in total. The summed E-state index contributed by atoms with van der Waals surface area (Å²) in [4.78, 5) is 23.9. The van der Waals surface area contributed by atoms with Crippen molar-refractivity contribution in [2.24, 2.45) is 0 Å². The van der Waals surface area contributed by atoms with Gasteiger partial charge < -0.3 is 9.47 Å². The van der Waals surface area contributed by atoms with E-state index in [4.69, 9.17) is 9.47 Å². The highest BCUT2D eigenvalue weighted by Gasteiger charge is 2.15. The summed E-state index contributed by atoms with van der Waals surface area (Å²) < 4.78 is 10.4. The summed E-state index contributed by atoms with van der Waals surface area (Å²) in [5.74, 6) is 0.710. The van der Waals surface area contributed by atoms with Crippen molar-refractivity contribution in [1.29, 1.82) is 0 Å². The van der Waals surface area contributed by atoms with Crippen molar-refractivity contribution < 1.29 is 19.1 Å². The Morgan fingerprint density at radius 3 is 2.24 bits per heavy atom. The van der Waals surface area contributed by atoms with Crippen molar-refractivity contribution >= 4 is 11.6 Å². The van der Waals surface area contributed by atoms with Crippen LogP contribution in [0.1, 0.15) is 20.7 Å². The average molecular weight is 280 g/mol. The predicted octanol–water partition coefficient (Wildman–Crippen LogP) is 3.04. The van der Waals surface area contributed by atoms with Gasteiger partial charge in [0.05, 0.1) is 0 Å². The van der Waals surface area contributed by atoms with Gasteiger partial charge >= 0.3 is 0 Å². The molecule has 0 aliphatic carbocycles. The highest BCUT2D eigenvalue weighted by atomic mass is 16.7. The van der Waals surface area contributed by atoms with Gasteiger partial charge in [-0.05, 0) is 30.4 Å². The first kappa shape index (κ1) is 13.1. The van der Waals surface area contributed by atoms with Crippen LogP contribution in [-0.4, -0.2) is 18.4 Å². The number of carbonyl (C=O) groups is 2. The number of rotatable bonds is 4. The molecule has 0 atom stereocenters. The molecule has 21 heavy (non-hydrogen) atoms.